The third-order valence-corrected chi connectivity index (χ3v) is 4.65. The lowest BCUT2D eigenvalue weighted by Crippen LogP contribution is -2.44. The van der Waals surface area contributed by atoms with Gasteiger partial charge in [-0.25, -0.2) is 0 Å². The van der Waals surface area contributed by atoms with Crippen LogP contribution in [0.3, 0.4) is 0 Å². The summed E-state index contributed by atoms with van der Waals surface area (Å²) < 4.78 is 5.15. The van der Waals surface area contributed by atoms with Gasteiger partial charge in [-0.3, -0.25) is 9.59 Å². The Morgan fingerprint density at radius 1 is 0.917 bits per heavy atom. The first-order valence-corrected chi connectivity index (χ1v) is 9.37. The Kier molecular flexibility index (Phi) is 8.42. The van der Waals surface area contributed by atoms with Crippen molar-refractivity contribution < 1.29 is 14.0 Å². The Balaban J connectivity index is 1.74. The minimum Gasteiger partial charge on any atom is -0.467 e. The fourth-order valence-electron chi connectivity index (χ4n) is 3.22. The van der Waals surface area contributed by atoms with Crippen molar-refractivity contribution in [3.63, 3.8) is 0 Å². The third kappa shape index (κ3) is 7.20. The van der Waals surface area contributed by atoms with Gasteiger partial charge in [0.05, 0.1) is 12.8 Å². The van der Waals surface area contributed by atoms with Crippen molar-refractivity contribution in [3.8, 4) is 0 Å². The minimum absolute atomic E-state index is 0.117. The van der Waals surface area contributed by atoms with Gasteiger partial charge >= 0.3 is 11.8 Å². The van der Waals surface area contributed by atoms with E-state index in [4.69, 9.17) is 4.42 Å². The molecule has 0 spiro atoms. The van der Waals surface area contributed by atoms with Crippen LogP contribution >= 0.6 is 0 Å². The largest absolute Gasteiger partial charge is 0.467 e. The molecule has 2 N–H and O–H groups in total. The number of rotatable bonds is 3. The molecule has 2 rings (SSSR count). The zero-order valence-electron chi connectivity index (χ0n) is 14.5. The topological polar surface area (TPSA) is 71.3 Å². The lowest BCUT2D eigenvalue weighted by molar-refractivity contribution is -0.139. The number of carbonyl (C=O) groups is 2. The van der Waals surface area contributed by atoms with Gasteiger partial charge in [-0.1, -0.05) is 57.8 Å². The van der Waals surface area contributed by atoms with Gasteiger partial charge in [0.15, 0.2) is 0 Å². The van der Waals surface area contributed by atoms with Gasteiger partial charge in [0.2, 0.25) is 0 Å². The van der Waals surface area contributed by atoms with Crippen molar-refractivity contribution in [3.05, 3.63) is 24.2 Å². The SMILES string of the molecule is O=C(NCc1ccco1)C(=O)NC1CCCCCCCCCCC1. The molecule has 0 radical (unpaired) electrons. The Bertz CT molecular complexity index is 473. The van der Waals surface area contributed by atoms with E-state index in [0.717, 1.165) is 25.7 Å². The zero-order chi connectivity index (χ0) is 17.0. The second kappa shape index (κ2) is 10.9. The van der Waals surface area contributed by atoms with E-state index in [-0.39, 0.29) is 12.6 Å². The molecule has 1 aromatic heterocycles. The molecule has 24 heavy (non-hydrogen) atoms. The summed E-state index contributed by atoms with van der Waals surface area (Å²) in [5.74, 6) is -0.474. The first-order valence-electron chi connectivity index (χ1n) is 9.37. The first kappa shape index (κ1) is 18.6. The number of furan rings is 1. The highest BCUT2D eigenvalue weighted by Crippen LogP contribution is 2.16. The molecule has 1 aromatic rings. The summed E-state index contributed by atoms with van der Waals surface area (Å²) >= 11 is 0. The van der Waals surface area contributed by atoms with E-state index < -0.39 is 11.8 Å². The molecule has 0 aliphatic heterocycles. The highest BCUT2D eigenvalue weighted by atomic mass is 16.3. The van der Waals surface area contributed by atoms with Gasteiger partial charge < -0.3 is 15.1 Å². The summed E-state index contributed by atoms with van der Waals surface area (Å²) in [4.78, 5) is 24.0. The van der Waals surface area contributed by atoms with Gasteiger partial charge in [-0.15, -0.1) is 0 Å². The first-order chi connectivity index (χ1) is 11.8. The fourth-order valence-corrected chi connectivity index (χ4v) is 3.22. The van der Waals surface area contributed by atoms with Crippen LogP contribution in [0.4, 0.5) is 0 Å². The lowest BCUT2D eigenvalue weighted by Gasteiger charge is -2.19. The van der Waals surface area contributed by atoms with E-state index in [0.29, 0.717) is 5.76 Å². The van der Waals surface area contributed by atoms with Gasteiger partial charge in [-0.2, -0.15) is 0 Å². The minimum atomic E-state index is -0.586. The molecular formula is C19H30N2O3. The molecule has 1 aliphatic carbocycles. The van der Waals surface area contributed by atoms with E-state index in [2.05, 4.69) is 10.6 Å². The zero-order valence-corrected chi connectivity index (χ0v) is 14.5. The normalized spacial score (nSPS) is 18.2. The summed E-state index contributed by atoms with van der Waals surface area (Å²) in [6, 6.07) is 3.64. The lowest BCUT2D eigenvalue weighted by atomic mass is 9.98. The Hall–Kier alpha value is -1.78. The van der Waals surface area contributed by atoms with E-state index in [1.165, 1.54) is 44.9 Å². The number of nitrogens with one attached hydrogen (secondary N) is 2. The number of hydrogen-bond acceptors (Lipinski definition) is 3. The molecule has 1 aliphatic rings. The van der Waals surface area contributed by atoms with Crippen LogP contribution in [0.25, 0.3) is 0 Å². The fraction of sp³-hybridized carbons (Fsp3) is 0.684. The molecule has 0 saturated heterocycles. The average molecular weight is 334 g/mol. The monoisotopic (exact) mass is 334 g/mol. The maximum atomic E-state index is 12.1. The van der Waals surface area contributed by atoms with Crippen LogP contribution in [0.1, 0.15) is 76.4 Å². The predicted octanol–water partition coefficient (Wildman–Crippen LogP) is 3.69. The standard InChI is InChI=1S/C19H30N2O3/c22-18(20-15-17-13-10-14-24-17)19(23)21-16-11-8-6-4-2-1-3-5-7-9-12-16/h10,13-14,16H,1-9,11-12,15H2,(H,20,22)(H,21,23). The quantitative estimate of drug-likeness (QED) is 0.828. The molecule has 0 unspecified atom stereocenters. The van der Waals surface area contributed by atoms with Crippen molar-refractivity contribution >= 4 is 11.8 Å². The molecule has 0 bridgehead atoms. The van der Waals surface area contributed by atoms with Crippen molar-refractivity contribution in [2.24, 2.45) is 0 Å². The summed E-state index contributed by atoms with van der Waals surface area (Å²) in [7, 11) is 0. The Labute approximate surface area is 144 Å². The van der Waals surface area contributed by atoms with Gasteiger partial charge in [0.1, 0.15) is 5.76 Å². The smallest absolute Gasteiger partial charge is 0.309 e. The Morgan fingerprint density at radius 3 is 2.04 bits per heavy atom. The molecule has 5 nitrogen and oxygen atoms in total. The predicted molar refractivity (Wildman–Crippen MR) is 93.3 cm³/mol. The molecule has 5 heteroatoms. The van der Waals surface area contributed by atoms with Crippen LogP contribution in [0.2, 0.25) is 0 Å². The van der Waals surface area contributed by atoms with Crippen molar-refractivity contribution in [2.45, 2.75) is 83.2 Å². The van der Waals surface area contributed by atoms with Gasteiger partial charge in [-0.05, 0) is 25.0 Å². The molecule has 1 fully saturated rings. The number of amides is 2. The summed E-state index contributed by atoms with van der Waals surface area (Å²) in [6.07, 6.45) is 14.7. The summed E-state index contributed by atoms with van der Waals surface area (Å²) in [5, 5.41) is 5.52. The molecule has 1 heterocycles. The maximum absolute atomic E-state index is 12.1. The van der Waals surface area contributed by atoms with Crippen molar-refractivity contribution in [1.29, 1.82) is 0 Å². The van der Waals surface area contributed by atoms with Crippen LogP contribution < -0.4 is 10.6 Å². The van der Waals surface area contributed by atoms with E-state index in [1.807, 2.05) is 0 Å². The summed E-state index contributed by atoms with van der Waals surface area (Å²) in [6.45, 7) is 0.240. The van der Waals surface area contributed by atoms with E-state index in [9.17, 15) is 9.59 Å². The molecule has 1 saturated carbocycles. The van der Waals surface area contributed by atoms with Gasteiger partial charge in [0, 0.05) is 6.04 Å². The van der Waals surface area contributed by atoms with E-state index >= 15 is 0 Å². The molecule has 2 amide bonds. The van der Waals surface area contributed by atoms with Crippen LogP contribution in [0.15, 0.2) is 22.8 Å². The molecular weight excluding hydrogens is 304 g/mol. The third-order valence-electron chi connectivity index (χ3n) is 4.65. The van der Waals surface area contributed by atoms with Crippen LogP contribution in [0, 0.1) is 0 Å². The highest BCUT2D eigenvalue weighted by Gasteiger charge is 2.18. The number of carbonyl (C=O) groups excluding carboxylic acids is 2. The number of hydrogen-bond donors (Lipinski definition) is 2. The van der Waals surface area contributed by atoms with Crippen LogP contribution in [-0.4, -0.2) is 17.9 Å². The highest BCUT2D eigenvalue weighted by molar-refractivity contribution is 6.35. The van der Waals surface area contributed by atoms with Crippen molar-refractivity contribution in [1.82, 2.24) is 10.6 Å². The maximum Gasteiger partial charge on any atom is 0.309 e. The average Bonchev–Trinajstić information content (AvgIpc) is 3.08. The Morgan fingerprint density at radius 2 is 1.50 bits per heavy atom. The van der Waals surface area contributed by atoms with Crippen LogP contribution in [-0.2, 0) is 16.1 Å². The second-order valence-corrected chi connectivity index (χ2v) is 6.69. The van der Waals surface area contributed by atoms with Crippen molar-refractivity contribution in [2.75, 3.05) is 0 Å². The second-order valence-electron chi connectivity index (χ2n) is 6.69. The summed E-state index contributed by atoms with van der Waals surface area (Å²) in [5.41, 5.74) is 0. The molecule has 134 valence electrons. The van der Waals surface area contributed by atoms with Crippen LogP contribution in [0.5, 0.6) is 0 Å². The van der Waals surface area contributed by atoms with E-state index in [1.54, 1.807) is 18.4 Å². The molecule has 0 atom stereocenters. The molecule has 0 aromatic carbocycles. The van der Waals surface area contributed by atoms with Gasteiger partial charge in [0.25, 0.3) is 0 Å².